The Balaban J connectivity index is 1.47. The number of nitrogens with one attached hydrogen (secondary N) is 2. The molecule has 1 atom stereocenters. The predicted octanol–water partition coefficient (Wildman–Crippen LogP) is 1.48. The predicted molar refractivity (Wildman–Crippen MR) is 123 cm³/mol. The lowest BCUT2D eigenvalue weighted by Gasteiger charge is -2.19. The number of anilines is 1. The van der Waals surface area contributed by atoms with Crippen molar-refractivity contribution in [2.75, 3.05) is 12.4 Å². The first-order valence-electron chi connectivity index (χ1n) is 10.7. The second-order valence-corrected chi connectivity index (χ2v) is 8.05. The Morgan fingerprint density at radius 2 is 2.00 bits per heavy atom. The number of nitrogens with two attached hydrogens (primary N) is 1. The molecule has 9 nitrogen and oxygen atoms in total. The molecular weight excluding hydrogens is 442 g/mol. The molecule has 4 aromatic rings. The summed E-state index contributed by atoms with van der Waals surface area (Å²) in [5, 5.41) is 9.72. The van der Waals surface area contributed by atoms with Gasteiger partial charge in [0, 0.05) is 17.8 Å². The van der Waals surface area contributed by atoms with Gasteiger partial charge in [-0.3, -0.25) is 14.0 Å². The molecule has 0 amide bonds. The SMILES string of the molecule is C[C@@H](Nc1cc(-n2ccc3c(cnn3Cc3ccccc3F)c2=O)c(F)cn1)C1=CN[NH2+]N1C. The second-order valence-electron chi connectivity index (χ2n) is 8.05. The Morgan fingerprint density at radius 1 is 1.18 bits per heavy atom. The summed E-state index contributed by atoms with van der Waals surface area (Å²) in [5.41, 5.74) is 6.45. The molecule has 4 N–H and O–H groups in total. The number of halogens is 2. The third kappa shape index (κ3) is 3.86. The van der Waals surface area contributed by atoms with Crippen LogP contribution in [0.5, 0.6) is 0 Å². The third-order valence-electron chi connectivity index (χ3n) is 5.80. The molecule has 0 spiro atoms. The number of fused-ring (bicyclic) bond motifs is 1. The van der Waals surface area contributed by atoms with Gasteiger partial charge in [0.25, 0.3) is 5.56 Å². The molecule has 0 bridgehead atoms. The summed E-state index contributed by atoms with van der Waals surface area (Å²) in [6.45, 7) is 2.13. The molecule has 0 saturated carbocycles. The zero-order chi connectivity index (χ0) is 23.8. The first-order chi connectivity index (χ1) is 16.4. The molecule has 34 heavy (non-hydrogen) atoms. The number of quaternary nitrogens is 1. The van der Waals surface area contributed by atoms with Crippen molar-refractivity contribution in [2.24, 2.45) is 0 Å². The van der Waals surface area contributed by atoms with Crippen molar-refractivity contribution in [3.05, 3.63) is 94.4 Å². The molecule has 11 heteroatoms. The van der Waals surface area contributed by atoms with Crippen LogP contribution in [-0.2, 0) is 6.54 Å². The molecule has 3 aromatic heterocycles. The number of benzene rings is 1. The number of rotatable bonds is 6. The zero-order valence-corrected chi connectivity index (χ0v) is 18.5. The number of hydrogen-bond donors (Lipinski definition) is 3. The summed E-state index contributed by atoms with van der Waals surface area (Å²) in [6.07, 6.45) is 5.85. The maximum atomic E-state index is 14.7. The van der Waals surface area contributed by atoms with Crippen LogP contribution in [-0.4, -0.2) is 37.4 Å². The van der Waals surface area contributed by atoms with Gasteiger partial charge in [-0.25, -0.2) is 24.2 Å². The van der Waals surface area contributed by atoms with Gasteiger partial charge < -0.3 is 5.32 Å². The highest BCUT2D eigenvalue weighted by atomic mass is 19.1. The smallest absolute Gasteiger partial charge is 0.266 e. The van der Waals surface area contributed by atoms with E-state index < -0.39 is 11.4 Å². The number of aromatic nitrogens is 4. The molecule has 0 radical (unpaired) electrons. The van der Waals surface area contributed by atoms with Gasteiger partial charge in [0.15, 0.2) is 5.82 Å². The Hall–Kier alpha value is -4.25. The van der Waals surface area contributed by atoms with Crippen LogP contribution in [0.4, 0.5) is 14.6 Å². The average molecular weight is 465 g/mol. The third-order valence-corrected chi connectivity index (χ3v) is 5.80. The minimum absolute atomic E-state index is 0.0666. The first kappa shape index (κ1) is 21.6. The summed E-state index contributed by atoms with van der Waals surface area (Å²) in [7, 11) is 1.91. The van der Waals surface area contributed by atoms with E-state index in [0.717, 1.165) is 11.9 Å². The largest absolute Gasteiger partial charge is 0.362 e. The van der Waals surface area contributed by atoms with Gasteiger partial charge in [0.1, 0.15) is 17.3 Å². The van der Waals surface area contributed by atoms with Gasteiger partial charge in [-0.2, -0.15) is 5.10 Å². The highest BCUT2D eigenvalue weighted by molar-refractivity contribution is 5.78. The van der Waals surface area contributed by atoms with E-state index in [1.165, 1.54) is 29.1 Å². The van der Waals surface area contributed by atoms with Crippen LogP contribution >= 0.6 is 0 Å². The lowest BCUT2D eigenvalue weighted by atomic mass is 10.2. The Morgan fingerprint density at radius 3 is 2.76 bits per heavy atom. The van der Waals surface area contributed by atoms with Gasteiger partial charge in [-0.1, -0.05) is 18.2 Å². The van der Waals surface area contributed by atoms with Crippen molar-refractivity contribution < 1.29 is 14.3 Å². The fourth-order valence-corrected chi connectivity index (χ4v) is 4.01. The van der Waals surface area contributed by atoms with Crippen LogP contribution in [0.15, 0.2) is 71.7 Å². The van der Waals surface area contributed by atoms with Gasteiger partial charge in [-0.05, 0) is 19.1 Å². The Kier molecular flexibility index (Phi) is 5.46. The van der Waals surface area contributed by atoms with E-state index in [1.807, 2.05) is 30.7 Å². The van der Waals surface area contributed by atoms with Gasteiger partial charge in [0.05, 0.1) is 54.8 Å². The van der Waals surface area contributed by atoms with Crippen molar-refractivity contribution in [3.63, 3.8) is 0 Å². The van der Waals surface area contributed by atoms with E-state index in [2.05, 4.69) is 20.8 Å². The standard InChI is InChI=1S/C23H22F2N8O/c1-14(21-12-27-30-31(21)2)29-22-9-20(18(25)11-26-22)32-8-7-19-16(23(32)34)10-28-33(19)13-15-5-3-4-6-17(15)24/h3-12,14,27,30H,13H2,1-2H3,(H,26,29)/p+1/t14-/m1/s1. The lowest BCUT2D eigenvalue weighted by Crippen LogP contribution is -2.96. The molecule has 4 heterocycles. The molecule has 174 valence electrons. The molecule has 0 unspecified atom stereocenters. The van der Waals surface area contributed by atoms with Crippen LogP contribution < -0.4 is 21.8 Å². The van der Waals surface area contributed by atoms with Crippen molar-refractivity contribution in [1.29, 1.82) is 0 Å². The fraction of sp³-hybridized carbons (Fsp3) is 0.174. The number of likely N-dealkylation sites (N-methyl/N-ethyl adjacent to an activating group) is 1. The Bertz CT molecular complexity index is 1460. The molecule has 1 aliphatic rings. The maximum Gasteiger partial charge on any atom is 0.266 e. The summed E-state index contributed by atoms with van der Waals surface area (Å²) in [6, 6.07) is 9.45. The summed E-state index contributed by atoms with van der Waals surface area (Å²) >= 11 is 0. The molecule has 0 saturated heterocycles. The van der Waals surface area contributed by atoms with E-state index in [9.17, 15) is 13.6 Å². The van der Waals surface area contributed by atoms with Crippen molar-refractivity contribution in [3.8, 4) is 5.69 Å². The van der Waals surface area contributed by atoms with Gasteiger partial charge in [-0.15, -0.1) is 5.53 Å². The topological polar surface area (TPSA) is 96.6 Å². The molecule has 0 aliphatic carbocycles. The Labute approximate surface area is 193 Å². The van der Waals surface area contributed by atoms with Gasteiger partial charge in [0.2, 0.25) is 0 Å². The van der Waals surface area contributed by atoms with E-state index in [0.29, 0.717) is 22.3 Å². The summed E-state index contributed by atoms with van der Waals surface area (Å²) in [4.78, 5) is 17.3. The van der Waals surface area contributed by atoms with Crippen LogP contribution in [0.25, 0.3) is 16.6 Å². The molecule has 0 fully saturated rings. The van der Waals surface area contributed by atoms with Crippen LogP contribution in [0.3, 0.4) is 0 Å². The monoisotopic (exact) mass is 465 g/mol. The lowest BCUT2D eigenvalue weighted by molar-refractivity contribution is -0.820. The van der Waals surface area contributed by atoms with Crippen molar-refractivity contribution >= 4 is 16.7 Å². The normalized spacial score (nSPS) is 14.2. The van der Waals surface area contributed by atoms with Crippen LogP contribution in [0.2, 0.25) is 0 Å². The van der Waals surface area contributed by atoms with Gasteiger partial charge >= 0.3 is 0 Å². The maximum absolute atomic E-state index is 14.7. The summed E-state index contributed by atoms with van der Waals surface area (Å²) < 4.78 is 31.6. The van der Waals surface area contributed by atoms with Crippen LogP contribution in [0, 0.1) is 11.6 Å². The number of nitrogens with zero attached hydrogens (tertiary/aromatic N) is 5. The van der Waals surface area contributed by atoms with E-state index >= 15 is 0 Å². The van der Waals surface area contributed by atoms with E-state index in [4.69, 9.17) is 0 Å². The van der Waals surface area contributed by atoms with Crippen LogP contribution in [0.1, 0.15) is 12.5 Å². The minimum atomic E-state index is -0.634. The molecule has 1 aromatic carbocycles. The summed E-state index contributed by atoms with van der Waals surface area (Å²) in [5.74, 6) is -0.557. The fourth-order valence-electron chi connectivity index (χ4n) is 4.01. The second kappa shape index (κ2) is 8.60. The highest BCUT2D eigenvalue weighted by Crippen LogP contribution is 2.20. The minimum Gasteiger partial charge on any atom is -0.362 e. The molecule has 1 aliphatic heterocycles. The average Bonchev–Trinajstić information content (AvgIpc) is 3.44. The van der Waals surface area contributed by atoms with E-state index in [1.54, 1.807) is 28.9 Å². The number of pyridine rings is 2. The highest BCUT2D eigenvalue weighted by Gasteiger charge is 2.21. The van der Waals surface area contributed by atoms with Crippen molar-refractivity contribution in [1.82, 2.24) is 29.8 Å². The molecule has 5 rings (SSSR count). The van der Waals surface area contributed by atoms with E-state index in [-0.39, 0.29) is 24.1 Å². The zero-order valence-electron chi connectivity index (χ0n) is 18.5. The molecular formula is C23H23F2N8O+. The number of hydrogen-bond acceptors (Lipinski definition) is 6. The first-order valence-corrected chi connectivity index (χ1v) is 10.7. The quantitative estimate of drug-likeness (QED) is 0.374. The van der Waals surface area contributed by atoms with Crippen molar-refractivity contribution in [2.45, 2.75) is 19.5 Å².